The Kier molecular flexibility index (Phi) is 3.33. The van der Waals surface area contributed by atoms with Crippen molar-refractivity contribution in [1.82, 2.24) is 5.32 Å². The summed E-state index contributed by atoms with van der Waals surface area (Å²) in [7, 11) is 1.21. The number of carbonyl (C=O) groups is 2. The first-order valence-corrected chi connectivity index (χ1v) is 5.51. The lowest BCUT2D eigenvalue weighted by molar-refractivity contribution is -0.142. The smallest absolute Gasteiger partial charge is 0.407 e. The first-order chi connectivity index (χ1) is 8.10. The van der Waals surface area contributed by atoms with E-state index in [1.54, 1.807) is 0 Å². The maximum Gasteiger partial charge on any atom is 0.407 e. The minimum absolute atomic E-state index is 0.0277. The standard InChI is InChI=1S/C11H15NO5/c1-16-11(15)12-9(10(13)14)6-4-7-2-3-8(5-6)17-7/h2-3,6-9H,4-5H2,1H3,(H,12,15)(H,13,14)/t6?,7-,8+,9?. The van der Waals surface area contributed by atoms with E-state index in [2.05, 4.69) is 10.1 Å². The number of amides is 1. The molecule has 1 fully saturated rings. The molecule has 0 aromatic rings. The minimum Gasteiger partial charge on any atom is -0.480 e. The van der Waals surface area contributed by atoms with Gasteiger partial charge in [-0.1, -0.05) is 12.2 Å². The monoisotopic (exact) mass is 241 g/mol. The predicted octanol–water partition coefficient (Wildman–Crippen LogP) is 0.529. The second-order valence-corrected chi connectivity index (χ2v) is 4.28. The van der Waals surface area contributed by atoms with Crippen LogP contribution in [0, 0.1) is 5.92 Å². The van der Waals surface area contributed by atoms with Crippen LogP contribution in [0.2, 0.25) is 0 Å². The second-order valence-electron chi connectivity index (χ2n) is 4.28. The average molecular weight is 241 g/mol. The summed E-state index contributed by atoms with van der Waals surface area (Å²) in [4.78, 5) is 22.3. The number of carboxylic acid groups (broad SMARTS) is 1. The molecule has 0 aromatic carbocycles. The summed E-state index contributed by atoms with van der Waals surface area (Å²) in [6.07, 6.45) is 4.33. The normalized spacial score (nSPS) is 31.9. The van der Waals surface area contributed by atoms with E-state index >= 15 is 0 Å². The first kappa shape index (κ1) is 11.9. The number of methoxy groups -OCH3 is 1. The first-order valence-electron chi connectivity index (χ1n) is 5.51. The zero-order valence-corrected chi connectivity index (χ0v) is 9.46. The number of rotatable bonds is 3. The van der Waals surface area contributed by atoms with Gasteiger partial charge in [0, 0.05) is 0 Å². The molecule has 4 atom stereocenters. The molecule has 0 radical (unpaired) electrons. The van der Waals surface area contributed by atoms with Crippen LogP contribution >= 0.6 is 0 Å². The number of nitrogens with one attached hydrogen (secondary N) is 1. The Labute approximate surface area is 98.6 Å². The Hall–Kier alpha value is -1.56. The van der Waals surface area contributed by atoms with E-state index in [0.717, 1.165) is 0 Å². The minimum atomic E-state index is -1.04. The summed E-state index contributed by atoms with van der Waals surface area (Å²) >= 11 is 0. The fourth-order valence-corrected chi connectivity index (χ4v) is 2.36. The molecule has 94 valence electrons. The number of alkyl carbamates (subject to hydrolysis) is 1. The summed E-state index contributed by atoms with van der Waals surface area (Å²) in [5.41, 5.74) is 0. The van der Waals surface area contributed by atoms with Crippen LogP contribution in [0.15, 0.2) is 12.2 Å². The molecule has 0 aliphatic carbocycles. The lowest BCUT2D eigenvalue weighted by Crippen LogP contribution is -2.48. The van der Waals surface area contributed by atoms with Gasteiger partial charge < -0.3 is 19.9 Å². The number of carbonyl (C=O) groups excluding carboxylic acids is 1. The van der Waals surface area contributed by atoms with Crippen molar-refractivity contribution >= 4 is 12.1 Å². The van der Waals surface area contributed by atoms with Crippen molar-refractivity contribution in [3.05, 3.63) is 12.2 Å². The van der Waals surface area contributed by atoms with Gasteiger partial charge in [-0.05, 0) is 18.8 Å². The lowest BCUT2D eigenvalue weighted by atomic mass is 9.88. The zero-order valence-electron chi connectivity index (χ0n) is 9.46. The fraction of sp³-hybridized carbons (Fsp3) is 0.636. The highest BCUT2D eigenvalue weighted by atomic mass is 16.5. The third kappa shape index (κ3) is 2.58. The van der Waals surface area contributed by atoms with E-state index in [0.29, 0.717) is 12.8 Å². The van der Waals surface area contributed by atoms with Gasteiger partial charge in [0.25, 0.3) is 0 Å². The van der Waals surface area contributed by atoms with E-state index in [9.17, 15) is 9.59 Å². The largest absolute Gasteiger partial charge is 0.480 e. The van der Waals surface area contributed by atoms with E-state index < -0.39 is 18.1 Å². The maximum absolute atomic E-state index is 11.2. The molecule has 2 aliphatic heterocycles. The number of aliphatic carboxylic acids is 1. The topological polar surface area (TPSA) is 84.9 Å². The molecule has 2 aliphatic rings. The molecular weight excluding hydrogens is 226 g/mol. The van der Waals surface area contributed by atoms with Crippen LogP contribution in [0.1, 0.15) is 12.8 Å². The quantitative estimate of drug-likeness (QED) is 0.704. The Balaban J connectivity index is 2.01. The molecule has 0 saturated carbocycles. The van der Waals surface area contributed by atoms with Gasteiger partial charge in [-0.15, -0.1) is 0 Å². The van der Waals surface area contributed by atoms with Crippen LogP contribution in [0.5, 0.6) is 0 Å². The highest BCUT2D eigenvalue weighted by Crippen LogP contribution is 2.33. The van der Waals surface area contributed by atoms with Gasteiger partial charge in [0.05, 0.1) is 19.3 Å². The van der Waals surface area contributed by atoms with E-state index in [4.69, 9.17) is 9.84 Å². The highest BCUT2D eigenvalue weighted by Gasteiger charge is 2.39. The average Bonchev–Trinajstić information content (AvgIpc) is 2.64. The predicted molar refractivity (Wildman–Crippen MR) is 57.5 cm³/mol. The van der Waals surface area contributed by atoms with Gasteiger partial charge in [0.1, 0.15) is 6.04 Å². The van der Waals surface area contributed by atoms with Crippen molar-refractivity contribution in [3.63, 3.8) is 0 Å². The summed E-state index contributed by atoms with van der Waals surface area (Å²) in [5, 5.41) is 11.5. The van der Waals surface area contributed by atoms with Crippen molar-refractivity contribution in [1.29, 1.82) is 0 Å². The molecule has 1 saturated heterocycles. The second kappa shape index (κ2) is 4.75. The number of ether oxygens (including phenoxy) is 2. The summed E-state index contributed by atoms with van der Waals surface area (Å²) in [5.74, 6) is -1.17. The van der Waals surface area contributed by atoms with Crippen LogP contribution < -0.4 is 5.32 Å². The molecule has 6 heteroatoms. The molecule has 17 heavy (non-hydrogen) atoms. The molecule has 6 nitrogen and oxygen atoms in total. The molecule has 2 heterocycles. The molecule has 1 amide bonds. The van der Waals surface area contributed by atoms with Gasteiger partial charge in [0.15, 0.2) is 0 Å². The number of fused-ring (bicyclic) bond motifs is 2. The van der Waals surface area contributed by atoms with Crippen molar-refractivity contribution in [3.8, 4) is 0 Å². The Morgan fingerprint density at radius 3 is 2.47 bits per heavy atom. The third-order valence-electron chi connectivity index (χ3n) is 3.16. The molecule has 2 bridgehead atoms. The van der Waals surface area contributed by atoms with Gasteiger partial charge in [-0.2, -0.15) is 0 Å². The van der Waals surface area contributed by atoms with Crippen molar-refractivity contribution in [2.75, 3.05) is 7.11 Å². The van der Waals surface area contributed by atoms with Gasteiger partial charge >= 0.3 is 12.1 Å². The van der Waals surface area contributed by atoms with Gasteiger partial charge in [-0.3, -0.25) is 0 Å². The van der Waals surface area contributed by atoms with Crippen LogP contribution in [0.3, 0.4) is 0 Å². The number of carboxylic acids is 1. The van der Waals surface area contributed by atoms with E-state index in [1.807, 2.05) is 12.2 Å². The molecule has 0 spiro atoms. The Bertz CT molecular complexity index is 340. The number of hydrogen-bond donors (Lipinski definition) is 2. The van der Waals surface area contributed by atoms with Crippen molar-refractivity contribution in [2.45, 2.75) is 31.1 Å². The SMILES string of the molecule is COC(=O)NC(C(=O)O)C1C[C@H]2C=C[C@@H](C1)O2. The maximum atomic E-state index is 11.2. The molecule has 0 aromatic heterocycles. The van der Waals surface area contributed by atoms with Crippen molar-refractivity contribution in [2.24, 2.45) is 5.92 Å². The Morgan fingerprint density at radius 2 is 2.00 bits per heavy atom. The molecule has 2 N–H and O–H groups in total. The third-order valence-corrected chi connectivity index (χ3v) is 3.16. The van der Waals surface area contributed by atoms with Crippen LogP contribution in [-0.4, -0.2) is 42.5 Å². The Morgan fingerprint density at radius 1 is 1.41 bits per heavy atom. The number of hydrogen-bond acceptors (Lipinski definition) is 4. The van der Waals surface area contributed by atoms with Gasteiger partial charge in [-0.25, -0.2) is 9.59 Å². The molecule has 2 unspecified atom stereocenters. The van der Waals surface area contributed by atoms with E-state index in [1.165, 1.54) is 7.11 Å². The summed E-state index contributed by atoms with van der Waals surface area (Å²) < 4.78 is 9.97. The van der Waals surface area contributed by atoms with Crippen LogP contribution in [0.25, 0.3) is 0 Å². The summed E-state index contributed by atoms with van der Waals surface area (Å²) in [6, 6.07) is -0.920. The lowest BCUT2D eigenvalue weighted by Gasteiger charge is -2.32. The van der Waals surface area contributed by atoms with Gasteiger partial charge in [0.2, 0.25) is 0 Å². The molecular formula is C11H15NO5. The fourth-order valence-electron chi connectivity index (χ4n) is 2.36. The highest BCUT2D eigenvalue weighted by molar-refractivity contribution is 5.80. The molecule has 2 rings (SSSR count). The zero-order chi connectivity index (χ0) is 12.4. The summed E-state index contributed by atoms with van der Waals surface area (Å²) in [6.45, 7) is 0. The van der Waals surface area contributed by atoms with Crippen molar-refractivity contribution < 1.29 is 24.2 Å². The van der Waals surface area contributed by atoms with Crippen LogP contribution in [0.4, 0.5) is 4.79 Å². The van der Waals surface area contributed by atoms with E-state index in [-0.39, 0.29) is 18.1 Å². The van der Waals surface area contributed by atoms with Crippen LogP contribution in [-0.2, 0) is 14.3 Å².